The highest BCUT2D eigenvalue weighted by Crippen LogP contribution is 2.30. The summed E-state index contributed by atoms with van der Waals surface area (Å²) in [5.74, 6) is 2.42. The van der Waals surface area contributed by atoms with Gasteiger partial charge in [0.1, 0.15) is 0 Å². The van der Waals surface area contributed by atoms with Crippen LogP contribution >= 0.6 is 24.0 Å². The number of aliphatic imine (C=N–C) groups is 1. The van der Waals surface area contributed by atoms with E-state index in [1.807, 2.05) is 19.9 Å². The maximum Gasteiger partial charge on any atom is 0.191 e. The third-order valence-electron chi connectivity index (χ3n) is 5.44. The monoisotopic (exact) mass is 547 g/mol. The molecule has 1 aliphatic rings. The van der Waals surface area contributed by atoms with E-state index in [2.05, 4.69) is 60.4 Å². The first kappa shape index (κ1) is 27.8. The van der Waals surface area contributed by atoms with Gasteiger partial charge in [-0.15, -0.1) is 24.0 Å². The van der Waals surface area contributed by atoms with E-state index in [4.69, 9.17) is 14.5 Å². The summed E-state index contributed by atoms with van der Waals surface area (Å²) in [5.41, 5.74) is 1.14. The summed E-state index contributed by atoms with van der Waals surface area (Å²) in [6.45, 7) is 17.8. The lowest BCUT2D eigenvalue weighted by Crippen LogP contribution is -2.49. The van der Waals surface area contributed by atoms with E-state index in [9.17, 15) is 0 Å². The number of rotatable bonds is 10. The molecular formula is C23H42IN5O2. The number of piperazine rings is 1. The minimum Gasteiger partial charge on any atom is -0.490 e. The number of hydrogen-bond acceptors (Lipinski definition) is 5. The van der Waals surface area contributed by atoms with Crippen LogP contribution in [0.25, 0.3) is 0 Å². The van der Waals surface area contributed by atoms with Gasteiger partial charge < -0.3 is 25.0 Å². The van der Waals surface area contributed by atoms with Gasteiger partial charge in [-0.05, 0) is 59.4 Å². The topological polar surface area (TPSA) is 61.4 Å². The van der Waals surface area contributed by atoms with Crippen LogP contribution in [0.15, 0.2) is 23.2 Å². The lowest BCUT2D eigenvalue weighted by Gasteiger charge is -2.36. The molecule has 0 amide bonds. The van der Waals surface area contributed by atoms with Crippen LogP contribution in [0.3, 0.4) is 0 Å². The Morgan fingerprint density at radius 2 is 1.68 bits per heavy atom. The highest BCUT2D eigenvalue weighted by atomic mass is 127. The second-order valence-electron chi connectivity index (χ2n) is 7.85. The summed E-state index contributed by atoms with van der Waals surface area (Å²) < 4.78 is 11.5. The van der Waals surface area contributed by atoms with Crippen LogP contribution in [0.5, 0.6) is 11.5 Å². The van der Waals surface area contributed by atoms with Gasteiger partial charge >= 0.3 is 0 Å². The number of guanidine groups is 1. The highest BCUT2D eigenvalue weighted by Gasteiger charge is 2.19. The van der Waals surface area contributed by atoms with Gasteiger partial charge in [-0.1, -0.05) is 6.07 Å². The van der Waals surface area contributed by atoms with Crippen LogP contribution < -0.4 is 20.1 Å². The molecule has 0 aromatic heterocycles. The van der Waals surface area contributed by atoms with E-state index < -0.39 is 0 Å². The Bertz CT molecular complexity index is 665. The molecule has 1 aromatic rings. The van der Waals surface area contributed by atoms with Crippen molar-refractivity contribution in [2.24, 2.45) is 4.99 Å². The van der Waals surface area contributed by atoms with Crippen LogP contribution in [0.2, 0.25) is 0 Å². The Morgan fingerprint density at radius 3 is 2.29 bits per heavy atom. The number of benzene rings is 1. The van der Waals surface area contributed by atoms with Crippen LogP contribution in [0, 0.1) is 0 Å². The van der Waals surface area contributed by atoms with Gasteiger partial charge in [0.2, 0.25) is 0 Å². The molecule has 2 N–H and O–H groups in total. The number of halogens is 1. The van der Waals surface area contributed by atoms with Crippen LogP contribution in [0.1, 0.15) is 46.2 Å². The van der Waals surface area contributed by atoms with Crippen molar-refractivity contribution in [3.63, 3.8) is 0 Å². The largest absolute Gasteiger partial charge is 0.490 e. The first-order valence-electron chi connectivity index (χ1n) is 11.3. The summed E-state index contributed by atoms with van der Waals surface area (Å²) in [6, 6.07) is 6.65. The molecule has 0 radical (unpaired) electrons. The lowest BCUT2D eigenvalue weighted by molar-refractivity contribution is 0.122. The molecule has 2 rings (SSSR count). The molecule has 1 heterocycles. The van der Waals surface area contributed by atoms with Crippen molar-refractivity contribution in [2.75, 3.05) is 59.5 Å². The van der Waals surface area contributed by atoms with Crippen molar-refractivity contribution in [1.82, 2.24) is 20.4 Å². The van der Waals surface area contributed by atoms with E-state index >= 15 is 0 Å². The highest BCUT2D eigenvalue weighted by molar-refractivity contribution is 14.0. The normalized spacial score (nSPS) is 17.4. The second-order valence-corrected chi connectivity index (χ2v) is 7.85. The number of nitrogens with zero attached hydrogens (tertiary/aromatic N) is 3. The standard InChI is InChI=1S/C23H41N5O2.HI/c1-7-24-23(25-17-18(4)28-14-12-27(6)13-15-28)26-19(5)20-10-11-21(29-8-2)22(16-20)30-9-3;/h10-11,16,18-19H,7-9,12-15,17H2,1-6H3,(H2,24,25,26);1H. The zero-order chi connectivity index (χ0) is 21.9. The first-order valence-corrected chi connectivity index (χ1v) is 11.3. The lowest BCUT2D eigenvalue weighted by atomic mass is 10.1. The minimum absolute atomic E-state index is 0. The van der Waals surface area contributed by atoms with E-state index in [0.717, 1.165) is 62.3 Å². The zero-order valence-electron chi connectivity index (χ0n) is 20.1. The average Bonchev–Trinajstić information content (AvgIpc) is 2.74. The van der Waals surface area contributed by atoms with Crippen molar-refractivity contribution >= 4 is 29.9 Å². The molecule has 2 atom stereocenters. The van der Waals surface area contributed by atoms with Crippen molar-refractivity contribution < 1.29 is 9.47 Å². The summed E-state index contributed by atoms with van der Waals surface area (Å²) >= 11 is 0. The summed E-state index contributed by atoms with van der Waals surface area (Å²) in [6.07, 6.45) is 0. The number of hydrogen-bond donors (Lipinski definition) is 2. The molecule has 0 bridgehead atoms. The molecule has 8 heteroatoms. The smallest absolute Gasteiger partial charge is 0.191 e. The fraction of sp³-hybridized carbons (Fsp3) is 0.696. The Hall–Kier alpha value is -1.26. The van der Waals surface area contributed by atoms with Crippen molar-refractivity contribution in [3.05, 3.63) is 23.8 Å². The van der Waals surface area contributed by atoms with E-state index in [1.165, 1.54) is 0 Å². The second kappa shape index (κ2) is 14.7. The van der Waals surface area contributed by atoms with Crippen molar-refractivity contribution in [2.45, 2.75) is 46.7 Å². The third kappa shape index (κ3) is 9.02. The van der Waals surface area contributed by atoms with E-state index in [0.29, 0.717) is 19.3 Å². The maximum atomic E-state index is 5.78. The summed E-state index contributed by atoms with van der Waals surface area (Å²) in [4.78, 5) is 9.77. The zero-order valence-corrected chi connectivity index (χ0v) is 22.4. The quantitative estimate of drug-likeness (QED) is 0.266. The predicted octanol–water partition coefficient (Wildman–Crippen LogP) is 3.35. The Morgan fingerprint density at radius 1 is 1.03 bits per heavy atom. The van der Waals surface area contributed by atoms with E-state index in [-0.39, 0.29) is 30.0 Å². The minimum atomic E-state index is 0. The molecule has 1 fully saturated rings. The molecule has 7 nitrogen and oxygen atoms in total. The third-order valence-corrected chi connectivity index (χ3v) is 5.44. The van der Waals surface area contributed by atoms with Gasteiger partial charge in [-0.25, -0.2) is 0 Å². The molecule has 1 aliphatic heterocycles. The van der Waals surface area contributed by atoms with Gasteiger partial charge in [0.25, 0.3) is 0 Å². The molecule has 1 aromatic carbocycles. The summed E-state index contributed by atoms with van der Waals surface area (Å²) in [7, 11) is 2.19. The SMILES string of the molecule is CCNC(=NCC(C)N1CCN(C)CC1)NC(C)c1ccc(OCC)c(OCC)c1.I. The molecule has 178 valence electrons. The number of likely N-dealkylation sites (N-methyl/N-ethyl adjacent to an activating group) is 1. The van der Waals surface area contributed by atoms with Gasteiger partial charge in [-0.2, -0.15) is 0 Å². The number of nitrogens with one attached hydrogen (secondary N) is 2. The van der Waals surface area contributed by atoms with Crippen molar-refractivity contribution in [1.29, 1.82) is 0 Å². The fourth-order valence-electron chi connectivity index (χ4n) is 3.55. The van der Waals surface area contributed by atoms with Gasteiger partial charge in [0.15, 0.2) is 17.5 Å². The molecule has 31 heavy (non-hydrogen) atoms. The Kier molecular flexibility index (Phi) is 13.2. The summed E-state index contributed by atoms with van der Waals surface area (Å²) in [5, 5.41) is 6.91. The molecule has 0 aliphatic carbocycles. The average molecular weight is 548 g/mol. The van der Waals surface area contributed by atoms with E-state index in [1.54, 1.807) is 0 Å². The number of ether oxygens (including phenoxy) is 2. The fourth-order valence-corrected chi connectivity index (χ4v) is 3.55. The molecule has 1 saturated heterocycles. The van der Waals surface area contributed by atoms with Crippen LogP contribution in [0.4, 0.5) is 0 Å². The molecule has 0 spiro atoms. The molecule has 0 saturated carbocycles. The van der Waals surface area contributed by atoms with Crippen molar-refractivity contribution in [3.8, 4) is 11.5 Å². The predicted molar refractivity (Wildman–Crippen MR) is 140 cm³/mol. The molecular weight excluding hydrogens is 505 g/mol. The van der Waals surface area contributed by atoms with Gasteiger partial charge in [0, 0.05) is 38.8 Å². The first-order chi connectivity index (χ1) is 14.5. The van der Waals surface area contributed by atoms with Gasteiger partial charge in [-0.3, -0.25) is 9.89 Å². The maximum absolute atomic E-state index is 5.78. The molecule has 2 unspecified atom stereocenters. The van der Waals surface area contributed by atoms with Crippen LogP contribution in [-0.2, 0) is 0 Å². The van der Waals surface area contributed by atoms with Gasteiger partial charge in [0.05, 0.1) is 25.8 Å². The Labute approximate surface area is 206 Å². The Balaban J connectivity index is 0.00000480. The van der Waals surface area contributed by atoms with Crippen LogP contribution in [-0.4, -0.2) is 81.3 Å².